The zero-order chi connectivity index (χ0) is 12.0. The standard InChI is InChI=1S/C15H31N/c1-4-6-14-7-5-10-15(16,12-9-14)11-8-13(2)3/h13-14H,4-12,16H2,1-3H3. The number of hydrogen-bond acceptors (Lipinski definition) is 1. The zero-order valence-electron chi connectivity index (χ0n) is 11.6. The van der Waals surface area contributed by atoms with Crippen LogP contribution in [0, 0.1) is 11.8 Å². The molecule has 96 valence electrons. The van der Waals surface area contributed by atoms with Crippen molar-refractivity contribution in [3.05, 3.63) is 0 Å². The van der Waals surface area contributed by atoms with Crippen molar-refractivity contribution in [2.24, 2.45) is 17.6 Å². The predicted molar refractivity (Wildman–Crippen MR) is 72.5 cm³/mol. The van der Waals surface area contributed by atoms with Gasteiger partial charge in [0.15, 0.2) is 0 Å². The van der Waals surface area contributed by atoms with Gasteiger partial charge in [0.25, 0.3) is 0 Å². The third-order valence-corrected chi connectivity index (χ3v) is 4.25. The fraction of sp³-hybridized carbons (Fsp3) is 1.00. The van der Waals surface area contributed by atoms with Gasteiger partial charge in [-0.2, -0.15) is 0 Å². The van der Waals surface area contributed by atoms with Gasteiger partial charge >= 0.3 is 0 Å². The molecule has 0 bridgehead atoms. The molecule has 2 unspecified atom stereocenters. The Morgan fingerprint density at radius 3 is 2.62 bits per heavy atom. The van der Waals surface area contributed by atoms with Crippen LogP contribution in [0.1, 0.15) is 78.6 Å². The minimum Gasteiger partial charge on any atom is -0.325 e. The predicted octanol–water partition coefficient (Wildman–Crippen LogP) is 4.50. The Balaban J connectivity index is 2.38. The molecule has 0 amide bonds. The Morgan fingerprint density at radius 1 is 1.25 bits per heavy atom. The quantitative estimate of drug-likeness (QED) is 0.685. The van der Waals surface area contributed by atoms with Gasteiger partial charge < -0.3 is 5.73 Å². The van der Waals surface area contributed by atoms with Gasteiger partial charge in [0.2, 0.25) is 0 Å². The van der Waals surface area contributed by atoms with Crippen LogP contribution in [0.25, 0.3) is 0 Å². The summed E-state index contributed by atoms with van der Waals surface area (Å²) in [6, 6.07) is 0. The van der Waals surface area contributed by atoms with Crippen LogP contribution in [-0.4, -0.2) is 5.54 Å². The van der Waals surface area contributed by atoms with Gasteiger partial charge in [-0.15, -0.1) is 0 Å². The summed E-state index contributed by atoms with van der Waals surface area (Å²) in [5, 5.41) is 0. The molecule has 0 radical (unpaired) electrons. The lowest BCUT2D eigenvalue weighted by molar-refractivity contribution is 0.311. The molecule has 1 saturated carbocycles. The highest BCUT2D eigenvalue weighted by atomic mass is 14.7. The molecule has 0 aromatic carbocycles. The molecule has 1 nitrogen and oxygen atoms in total. The molecule has 0 saturated heterocycles. The first-order valence-electron chi connectivity index (χ1n) is 7.34. The molecule has 1 aliphatic carbocycles. The molecule has 1 aliphatic rings. The van der Waals surface area contributed by atoms with Crippen molar-refractivity contribution in [2.75, 3.05) is 0 Å². The van der Waals surface area contributed by atoms with Gasteiger partial charge in [-0.05, 0) is 43.9 Å². The summed E-state index contributed by atoms with van der Waals surface area (Å²) in [5.74, 6) is 1.77. The summed E-state index contributed by atoms with van der Waals surface area (Å²) in [6.07, 6.45) is 12.0. The van der Waals surface area contributed by atoms with Crippen LogP contribution >= 0.6 is 0 Å². The van der Waals surface area contributed by atoms with E-state index in [1.165, 1.54) is 57.8 Å². The van der Waals surface area contributed by atoms with E-state index in [1.807, 2.05) is 0 Å². The van der Waals surface area contributed by atoms with Crippen LogP contribution < -0.4 is 5.73 Å². The lowest BCUT2D eigenvalue weighted by Gasteiger charge is -2.29. The summed E-state index contributed by atoms with van der Waals surface area (Å²) in [4.78, 5) is 0. The molecule has 1 heteroatoms. The molecule has 1 fully saturated rings. The average Bonchev–Trinajstić information content (AvgIpc) is 2.40. The van der Waals surface area contributed by atoms with Crippen LogP contribution in [0.3, 0.4) is 0 Å². The summed E-state index contributed by atoms with van der Waals surface area (Å²) in [7, 11) is 0. The van der Waals surface area contributed by atoms with E-state index in [4.69, 9.17) is 5.73 Å². The summed E-state index contributed by atoms with van der Waals surface area (Å²) >= 11 is 0. The van der Waals surface area contributed by atoms with E-state index in [9.17, 15) is 0 Å². The smallest absolute Gasteiger partial charge is 0.0154 e. The summed E-state index contributed by atoms with van der Waals surface area (Å²) in [5.41, 5.74) is 6.74. The number of nitrogens with two attached hydrogens (primary N) is 1. The maximum Gasteiger partial charge on any atom is 0.0154 e. The topological polar surface area (TPSA) is 26.0 Å². The SMILES string of the molecule is CCCC1CCCC(N)(CCC(C)C)CC1. The van der Waals surface area contributed by atoms with Crippen LogP contribution in [0.15, 0.2) is 0 Å². The molecule has 2 N–H and O–H groups in total. The second-order valence-corrected chi connectivity index (χ2v) is 6.38. The maximum absolute atomic E-state index is 6.57. The Morgan fingerprint density at radius 2 is 2.00 bits per heavy atom. The molecule has 1 rings (SSSR count). The van der Waals surface area contributed by atoms with E-state index in [0.717, 1.165) is 11.8 Å². The zero-order valence-corrected chi connectivity index (χ0v) is 11.6. The minimum absolute atomic E-state index is 0.173. The van der Waals surface area contributed by atoms with E-state index in [0.29, 0.717) is 0 Å². The van der Waals surface area contributed by atoms with Gasteiger partial charge in [-0.1, -0.05) is 46.5 Å². The Labute approximate surface area is 102 Å². The van der Waals surface area contributed by atoms with Crippen molar-refractivity contribution >= 4 is 0 Å². The first-order chi connectivity index (χ1) is 7.56. The van der Waals surface area contributed by atoms with Crippen LogP contribution in [0.2, 0.25) is 0 Å². The van der Waals surface area contributed by atoms with E-state index < -0.39 is 0 Å². The highest BCUT2D eigenvalue weighted by Crippen LogP contribution is 2.34. The number of hydrogen-bond donors (Lipinski definition) is 1. The highest BCUT2D eigenvalue weighted by Gasteiger charge is 2.28. The molecule has 0 heterocycles. The lowest BCUT2D eigenvalue weighted by atomic mass is 9.84. The summed E-state index contributed by atoms with van der Waals surface area (Å²) < 4.78 is 0. The second kappa shape index (κ2) is 6.64. The molecule has 0 aromatic rings. The van der Waals surface area contributed by atoms with E-state index in [2.05, 4.69) is 20.8 Å². The highest BCUT2D eigenvalue weighted by molar-refractivity contribution is 4.87. The second-order valence-electron chi connectivity index (χ2n) is 6.38. The van der Waals surface area contributed by atoms with Crippen molar-refractivity contribution < 1.29 is 0 Å². The Bertz CT molecular complexity index is 188. The van der Waals surface area contributed by atoms with E-state index in [1.54, 1.807) is 0 Å². The van der Waals surface area contributed by atoms with Gasteiger partial charge in [0, 0.05) is 5.54 Å². The van der Waals surface area contributed by atoms with Crippen molar-refractivity contribution in [1.29, 1.82) is 0 Å². The van der Waals surface area contributed by atoms with Crippen LogP contribution in [0.5, 0.6) is 0 Å². The average molecular weight is 225 g/mol. The molecular weight excluding hydrogens is 194 g/mol. The first kappa shape index (κ1) is 14.0. The molecule has 2 atom stereocenters. The monoisotopic (exact) mass is 225 g/mol. The lowest BCUT2D eigenvalue weighted by Crippen LogP contribution is -2.39. The largest absolute Gasteiger partial charge is 0.325 e. The van der Waals surface area contributed by atoms with Crippen molar-refractivity contribution in [3.63, 3.8) is 0 Å². The van der Waals surface area contributed by atoms with Crippen LogP contribution in [0.4, 0.5) is 0 Å². The minimum atomic E-state index is 0.173. The third kappa shape index (κ3) is 4.86. The van der Waals surface area contributed by atoms with Crippen molar-refractivity contribution in [2.45, 2.75) is 84.1 Å². The molecule has 16 heavy (non-hydrogen) atoms. The van der Waals surface area contributed by atoms with Gasteiger partial charge in [0.05, 0.1) is 0 Å². The molecular formula is C15H31N. The third-order valence-electron chi connectivity index (χ3n) is 4.25. The van der Waals surface area contributed by atoms with Crippen molar-refractivity contribution in [1.82, 2.24) is 0 Å². The fourth-order valence-corrected chi connectivity index (χ4v) is 3.03. The molecule has 0 aliphatic heterocycles. The summed E-state index contributed by atoms with van der Waals surface area (Å²) in [6.45, 7) is 6.92. The normalized spacial score (nSPS) is 31.7. The van der Waals surface area contributed by atoms with E-state index in [-0.39, 0.29) is 5.54 Å². The van der Waals surface area contributed by atoms with E-state index >= 15 is 0 Å². The van der Waals surface area contributed by atoms with Crippen LogP contribution in [-0.2, 0) is 0 Å². The Kier molecular flexibility index (Phi) is 5.82. The van der Waals surface area contributed by atoms with Crippen molar-refractivity contribution in [3.8, 4) is 0 Å². The van der Waals surface area contributed by atoms with Gasteiger partial charge in [-0.3, -0.25) is 0 Å². The first-order valence-corrected chi connectivity index (χ1v) is 7.34. The maximum atomic E-state index is 6.57. The number of rotatable bonds is 5. The van der Waals surface area contributed by atoms with Gasteiger partial charge in [-0.25, -0.2) is 0 Å². The van der Waals surface area contributed by atoms with Gasteiger partial charge in [0.1, 0.15) is 0 Å². The Hall–Kier alpha value is -0.0400. The fourth-order valence-electron chi connectivity index (χ4n) is 3.03. The molecule has 0 aromatic heterocycles. The molecule has 0 spiro atoms.